The van der Waals surface area contributed by atoms with Gasteiger partial charge < -0.3 is 9.47 Å². The maximum atomic E-state index is 14.0. The molecule has 1 saturated carbocycles. The smallest absolute Gasteiger partial charge is 0.141 e. The van der Waals surface area contributed by atoms with Crippen LogP contribution in [-0.2, 0) is 4.74 Å². The van der Waals surface area contributed by atoms with Crippen molar-refractivity contribution in [1.29, 1.82) is 0 Å². The molecule has 4 heteroatoms. The molecule has 1 aromatic rings. The van der Waals surface area contributed by atoms with E-state index in [1.807, 2.05) is 0 Å². The molecule has 2 rings (SSSR count). The van der Waals surface area contributed by atoms with Crippen molar-refractivity contribution in [2.75, 3.05) is 14.2 Å². The van der Waals surface area contributed by atoms with Crippen LogP contribution in [-0.4, -0.2) is 19.9 Å². The van der Waals surface area contributed by atoms with E-state index in [-0.39, 0.29) is 0 Å². The largest absolute Gasteiger partial charge is 0.496 e. The van der Waals surface area contributed by atoms with Gasteiger partial charge in [-0.2, -0.15) is 0 Å². The van der Waals surface area contributed by atoms with E-state index in [4.69, 9.17) is 9.47 Å². The minimum atomic E-state index is -1.32. The van der Waals surface area contributed by atoms with E-state index in [2.05, 4.69) is 0 Å². The molecule has 0 saturated heterocycles. The molecular weight excluding hydrogens is 214 g/mol. The molecule has 2 nitrogen and oxygen atoms in total. The van der Waals surface area contributed by atoms with Crippen LogP contribution in [0.25, 0.3) is 0 Å². The second-order valence-electron chi connectivity index (χ2n) is 4.04. The number of benzene rings is 1. The Labute approximate surface area is 93.2 Å². The number of rotatable bonds is 4. The van der Waals surface area contributed by atoms with Crippen LogP contribution in [0.4, 0.5) is 8.78 Å². The quantitative estimate of drug-likeness (QED) is 0.788. The minimum absolute atomic E-state index is 0.329. The van der Waals surface area contributed by atoms with Gasteiger partial charge in [-0.05, 0) is 25.0 Å². The van der Waals surface area contributed by atoms with Gasteiger partial charge in [-0.1, -0.05) is 0 Å². The van der Waals surface area contributed by atoms with Crippen molar-refractivity contribution < 1.29 is 18.3 Å². The Bertz CT molecular complexity index is 389. The number of ether oxygens (including phenoxy) is 2. The number of hydrogen-bond donors (Lipinski definition) is 0. The SMILES string of the molecule is COc1cc(F)ccc1C(OC)C1(F)CC1. The van der Waals surface area contributed by atoms with Crippen LogP contribution in [0.2, 0.25) is 0 Å². The van der Waals surface area contributed by atoms with Gasteiger partial charge in [0.15, 0.2) is 0 Å². The Morgan fingerprint density at radius 3 is 2.50 bits per heavy atom. The second kappa shape index (κ2) is 4.01. The Morgan fingerprint density at radius 2 is 2.00 bits per heavy atom. The van der Waals surface area contributed by atoms with Crippen molar-refractivity contribution in [2.45, 2.75) is 24.6 Å². The molecule has 0 bridgehead atoms. The summed E-state index contributed by atoms with van der Waals surface area (Å²) < 4.78 is 37.2. The molecule has 0 heterocycles. The third-order valence-electron chi connectivity index (χ3n) is 2.91. The van der Waals surface area contributed by atoms with Gasteiger partial charge in [-0.15, -0.1) is 0 Å². The van der Waals surface area contributed by atoms with Gasteiger partial charge in [-0.25, -0.2) is 8.78 Å². The van der Waals surface area contributed by atoms with E-state index in [0.29, 0.717) is 24.2 Å². The normalized spacial score (nSPS) is 19.2. The third kappa shape index (κ3) is 1.89. The molecule has 0 aliphatic heterocycles. The zero-order valence-electron chi connectivity index (χ0n) is 9.30. The van der Waals surface area contributed by atoms with E-state index < -0.39 is 17.6 Å². The first-order valence-electron chi connectivity index (χ1n) is 5.16. The highest BCUT2D eigenvalue weighted by molar-refractivity contribution is 5.38. The van der Waals surface area contributed by atoms with Crippen LogP contribution < -0.4 is 4.74 Å². The summed E-state index contributed by atoms with van der Waals surface area (Å²) in [5, 5.41) is 0. The minimum Gasteiger partial charge on any atom is -0.496 e. The highest BCUT2D eigenvalue weighted by atomic mass is 19.1. The summed E-state index contributed by atoms with van der Waals surface area (Å²) in [4.78, 5) is 0. The Hall–Kier alpha value is -1.16. The number of alkyl halides is 1. The molecule has 1 fully saturated rings. The van der Waals surface area contributed by atoms with E-state index in [9.17, 15) is 8.78 Å². The fraction of sp³-hybridized carbons (Fsp3) is 0.500. The molecule has 1 aliphatic rings. The maximum Gasteiger partial charge on any atom is 0.141 e. The molecule has 0 radical (unpaired) electrons. The predicted octanol–water partition coefficient (Wildman–Crippen LogP) is 3.02. The summed E-state index contributed by atoms with van der Waals surface area (Å²) in [5.41, 5.74) is -0.758. The van der Waals surface area contributed by atoms with Crippen LogP contribution in [0.15, 0.2) is 18.2 Å². The molecule has 1 aliphatic carbocycles. The van der Waals surface area contributed by atoms with Crippen LogP contribution in [0.1, 0.15) is 24.5 Å². The zero-order valence-corrected chi connectivity index (χ0v) is 9.30. The average Bonchev–Trinajstić information content (AvgIpc) is 3.00. The first-order valence-corrected chi connectivity index (χ1v) is 5.16. The highest BCUT2D eigenvalue weighted by Gasteiger charge is 2.52. The van der Waals surface area contributed by atoms with E-state index in [0.717, 1.165) is 0 Å². The summed E-state index contributed by atoms with van der Waals surface area (Å²) in [6.45, 7) is 0. The van der Waals surface area contributed by atoms with Crippen LogP contribution >= 0.6 is 0 Å². The number of halogens is 2. The van der Waals surface area contributed by atoms with Gasteiger partial charge in [0.1, 0.15) is 23.3 Å². The molecular formula is C12H14F2O2. The molecule has 16 heavy (non-hydrogen) atoms. The van der Waals surface area contributed by atoms with Gasteiger partial charge in [-0.3, -0.25) is 0 Å². The molecule has 1 aromatic carbocycles. The lowest BCUT2D eigenvalue weighted by Gasteiger charge is -2.21. The molecule has 0 spiro atoms. The van der Waals surface area contributed by atoms with Crippen molar-refractivity contribution in [3.8, 4) is 5.75 Å². The van der Waals surface area contributed by atoms with Crippen molar-refractivity contribution in [3.05, 3.63) is 29.6 Å². The van der Waals surface area contributed by atoms with Gasteiger partial charge in [0.25, 0.3) is 0 Å². The highest BCUT2D eigenvalue weighted by Crippen LogP contribution is 2.52. The Kier molecular flexibility index (Phi) is 2.84. The average molecular weight is 228 g/mol. The fourth-order valence-corrected chi connectivity index (χ4v) is 1.90. The molecule has 0 amide bonds. The lowest BCUT2D eigenvalue weighted by atomic mass is 10.0. The van der Waals surface area contributed by atoms with Crippen molar-refractivity contribution in [2.24, 2.45) is 0 Å². The van der Waals surface area contributed by atoms with Crippen LogP contribution in [0.3, 0.4) is 0 Å². The monoisotopic (exact) mass is 228 g/mol. The Morgan fingerprint density at radius 1 is 1.31 bits per heavy atom. The van der Waals surface area contributed by atoms with Crippen molar-refractivity contribution >= 4 is 0 Å². The van der Waals surface area contributed by atoms with E-state index in [1.165, 1.54) is 32.4 Å². The summed E-state index contributed by atoms with van der Waals surface area (Å²) >= 11 is 0. The maximum absolute atomic E-state index is 14.0. The summed E-state index contributed by atoms with van der Waals surface area (Å²) in [7, 11) is 2.88. The van der Waals surface area contributed by atoms with Crippen molar-refractivity contribution in [1.82, 2.24) is 0 Å². The standard InChI is InChI=1S/C12H14F2O2/c1-15-10-7-8(13)3-4-9(10)11(16-2)12(14)5-6-12/h3-4,7,11H,5-6H2,1-2H3. The molecule has 88 valence electrons. The van der Waals surface area contributed by atoms with Crippen LogP contribution in [0.5, 0.6) is 5.75 Å². The third-order valence-corrected chi connectivity index (χ3v) is 2.91. The van der Waals surface area contributed by atoms with E-state index in [1.54, 1.807) is 0 Å². The van der Waals surface area contributed by atoms with Gasteiger partial charge >= 0.3 is 0 Å². The summed E-state index contributed by atoms with van der Waals surface area (Å²) in [6.07, 6.45) is 0.279. The lowest BCUT2D eigenvalue weighted by molar-refractivity contribution is 0.0158. The Balaban J connectivity index is 2.37. The van der Waals surface area contributed by atoms with E-state index >= 15 is 0 Å². The topological polar surface area (TPSA) is 18.5 Å². The summed E-state index contributed by atoms with van der Waals surface area (Å²) in [6, 6.07) is 4.05. The fourth-order valence-electron chi connectivity index (χ4n) is 1.90. The number of hydrogen-bond acceptors (Lipinski definition) is 2. The van der Waals surface area contributed by atoms with Crippen molar-refractivity contribution in [3.63, 3.8) is 0 Å². The predicted molar refractivity (Wildman–Crippen MR) is 55.8 cm³/mol. The van der Waals surface area contributed by atoms with Gasteiger partial charge in [0.05, 0.1) is 7.11 Å². The summed E-state index contributed by atoms with van der Waals surface area (Å²) in [5.74, 6) is -0.0741. The first kappa shape index (κ1) is 11.3. The van der Waals surface area contributed by atoms with Crippen LogP contribution in [0, 0.1) is 5.82 Å². The molecule has 1 unspecified atom stereocenters. The molecule has 0 aromatic heterocycles. The van der Waals surface area contributed by atoms with Gasteiger partial charge in [0, 0.05) is 18.7 Å². The number of methoxy groups -OCH3 is 2. The first-order chi connectivity index (χ1) is 7.60. The zero-order chi connectivity index (χ0) is 11.8. The van der Waals surface area contributed by atoms with Gasteiger partial charge in [0.2, 0.25) is 0 Å². The molecule has 0 N–H and O–H groups in total. The molecule has 1 atom stereocenters. The lowest BCUT2D eigenvalue weighted by Crippen LogP contribution is -2.18. The second-order valence-corrected chi connectivity index (χ2v) is 4.04.